The smallest absolute Gasteiger partial charge is 0.198 e. The summed E-state index contributed by atoms with van der Waals surface area (Å²) in [6, 6.07) is 4.86. The molecular formula is C9H9FN2O3P-. The molecule has 0 radical (unpaired) electrons. The summed E-state index contributed by atoms with van der Waals surface area (Å²) in [7, 11) is -2.62. The first-order valence-corrected chi connectivity index (χ1v) is 6.05. The number of hydrogen-bond acceptors (Lipinski definition) is 5. The van der Waals surface area contributed by atoms with Gasteiger partial charge in [0.25, 0.3) is 0 Å². The van der Waals surface area contributed by atoms with Crippen molar-refractivity contribution in [3.05, 3.63) is 29.6 Å². The summed E-state index contributed by atoms with van der Waals surface area (Å²) in [6.45, 7) is 0. The highest BCUT2D eigenvalue weighted by molar-refractivity contribution is 7.51. The Morgan fingerprint density at radius 1 is 1.69 bits per heavy atom. The van der Waals surface area contributed by atoms with E-state index >= 15 is 0 Å². The minimum absolute atomic E-state index is 0.148. The Morgan fingerprint density at radius 2 is 2.38 bits per heavy atom. The number of benzene rings is 1. The summed E-state index contributed by atoms with van der Waals surface area (Å²) >= 11 is 0. The molecule has 1 rings (SSSR count). The summed E-state index contributed by atoms with van der Waals surface area (Å²) in [5.41, 5.74) is -0.165. The Morgan fingerprint density at radius 3 is 2.88 bits per heavy atom. The monoisotopic (exact) mass is 243 g/mol. The zero-order valence-corrected chi connectivity index (χ0v) is 9.33. The van der Waals surface area contributed by atoms with E-state index < -0.39 is 13.4 Å². The molecule has 0 saturated heterocycles. The quantitative estimate of drug-likeness (QED) is 0.791. The van der Waals surface area contributed by atoms with Gasteiger partial charge in [-0.1, -0.05) is 0 Å². The summed E-state index contributed by atoms with van der Waals surface area (Å²) in [5, 5.41) is 10.9. The first kappa shape index (κ1) is 12.7. The third-order valence-corrected chi connectivity index (χ3v) is 2.85. The molecule has 0 aliphatic rings. The highest BCUT2D eigenvalue weighted by atomic mass is 31.2. The van der Waals surface area contributed by atoms with Gasteiger partial charge in [-0.05, 0) is 19.2 Å². The number of nitrogens with zero attached hydrogens (tertiary/aromatic N) is 1. The number of halogens is 1. The Labute approximate surface area is 92.0 Å². The molecule has 7 heteroatoms. The molecule has 1 unspecified atom stereocenters. The molecule has 1 aromatic rings. The second kappa shape index (κ2) is 5.08. The zero-order valence-electron chi connectivity index (χ0n) is 8.44. The van der Waals surface area contributed by atoms with Gasteiger partial charge in [-0.25, -0.2) is 4.39 Å². The van der Waals surface area contributed by atoms with E-state index in [1.165, 1.54) is 13.1 Å². The molecule has 0 heterocycles. The molecule has 0 aromatic heterocycles. The lowest BCUT2D eigenvalue weighted by atomic mass is 10.2. The third kappa shape index (κ3) is 3.31. The fourth-order valence-corrected chi connectivity index (χ4v) is 1.92. The Hall–Kier alpha value is -1.41. The van der Waals surface area contributed by atoms with Crippen LogP contribution >= 0.6 is 7.60 Å². The zero-order chi connectivity index (χ0) is 12.2. The normalized spacial score (nSPS) is 13.9. The average Bonchev–Trinajstić information content (AvgIpc) is 2.17. The lowest BCUT2D eigenvalue weighted by molar-refractivity contribution is -0.191. The first-order valence-electron chi connectivity index (χ1n) is 4.32. The minimum atomic E-state index is -4.07. The fraction of sp³-hybridized carbons (Fsp3) is 0.222. The first-order chi connectivity index (χ1) is 7.48. The van der Waals surface area contributed by atoms with Gasteiger partial charge in [-0.2, -0.15) is 5.26 Å². The Balaban J connectivity index is 2.88. The molecule has 1 atom stereocenters. The van der Waals surface area contributed by atoms with Crippen LogP contribution in [0.5, 0.6) is 5.75 Å². The lowest BCUT2D eigenvalue weighted by Gasteiger charge is -2.23. The molecule has 0 spiro atoms. The van der Waals surface area contributed by atoms with Crippen molar-refractivity contribution in [3.63, 3.8) is 0 Å². The molecule has 0 amide bonds. The second-order valence-corrected chi connectivity index (χ2v) is 4.69. The lowest BCUT2D eigenvalue weighted by Crippen LogP contribution is -2.19. The van der Waals surface area contributed by atoms with Crippen molar-refractivity contribution in [2.75, 3.05) is 13.3 Å². The van der Waals surface area contributed by atoms with Crippen LogP contribution in [0.2, 0.25) is 0 Å². The number of nitriles is 1. The van der Waals surface area contributed by atoms with E-state index in [4.69, 9.17) is 5.26 Å². The van der Waals surface area contributed by atoms with E-state index in [0.29, 0.717) is 0 Å². The van der Waals surface area contributed by atoms with E-state index in [1.807, 2.05) is 0 Å². The molecule has 1 aromatic carbocycles. The van der Waals surface area contributed by atoms with Gasteiger partial charge < -0.3 is 14.7 Å². The number of hydrogen-bond donors (Lipinski definition) is 1. The predicted octanol–water partition coefficient (Wildman–Crippen LogP) is 0.806. The van der Waals surface area contributed by atoms with Crippen molar-refractivity contribution >= 4 is 7.60 Å². The van der Waals surface area contributed by atoms with E-state index in [-0.39, 0.29) is 17.6 Å². The highest BCUT2D eigenvalue weighted by Crippen LogP contribution is 2.37. The standard InChI is InChI=1S/C9H10FN2O3P/c1-12-6-16(13,14)15-8-3-2-7(5-11)9(10)4-8/h2-4,12H,6H2,1H3,(H,13,14)/p-1. The van der Waals surface area contributed by atoms with E-state index in [0.717, 1.165) is 12.1 Å². The Bertz CT molecular complexity index is 472. The van der Waals surface area contributed by atoms with Crippen LogP contribution in [0.1, 0.15) is 5.56 Å². The van der Waals surface area contributed by atoms with Gasteiger partial charge in [0.15, 0.2) is 7.60 Å². The average molecular weight is 243 g/mol. The van der Waals surface area contributed by atoms with Crippen LogP contribution in [-0.2, 0) is 4.57 Å². The van der Waals surface area contributed by atoms with Crippen LogP contribution in [-0.4, -0.2) is 13.3 Å². The van der Waals surface area contributed by atoms with Gasteiger partial charge in [-0.3, -0.25) is 4.57 Å². The maximum atomic E-state index is 13.1. The molecule has 0 aliphatic carbocycles. The molecule has 1 N–H and O–H groups in total. The van der Waals surface area contributed by atoms with Crippen molar-refractivity contribution in [2.24, 2.45) is 0 Å². The highest BCUT2D eigenvalue weighted by Gasteiger charge is 2.10. The number of rotatable bonds is 4. The SMILES string of the molecule is CNCP(=O)([O-])Oc1ccc(C#N)c(F)c1. The van der Waals surface area contributed by atoms with Crippen LogP contribution in [0.4, 0.5) is 4.39 Å². The van der Waals surface area contributed by atoms with E-state index in [9.17, 15) is 13.8 Å². The van der Waals surface area contributed by atoms with Gasteiger partial charge >= 0.3 is 0 Å². The summed E-state index contributed by atoms with van der Waals surface area (Å²) < 4.78 is 28.9. The molecule has 5 nitrogen and oxygen atoms in total. The molecule has 0 fully saturated rings. The summed E-state index contributed by atoms with van der Waals surface area (Å²) in [5.74, 6) is -0.963. The van der Waals surface area contributed by atoms with Gasteiger partial charge in [0.1, 0.15) is 17.6 Å². The van der Waals surface area contributed by atoms with Crippen molar-refractivity contribution in [2.45, 2.75) is 0 Å². The fourth-order valence-electron chi connectivity index (χ4n) is 1.03. The molecule has 0 aliphatic heterocycles. The van der Waals surface area contributed by atoms with Gasteiger partial charge in [0, 0.05) is 6.07 Å². The Kier molecular flexibility index (Phi) is 4.02. The molecule has 0 bridgehead atoms. The van der Waals surface area contributed by atoms with E-state index in [2.05, 4.69) is 9.84 Å². The van der Waals surface area contributed by atoms with Crippen LogP contribution in [0.25, 0.3) is 0 Å². The third-order valence-electron chi connectivity index (χ3n) is 1.66. The van der Waals surface area contributed by atoms with Crippen molar-refractivity contribution < 1.29 is 18.4 Å². The maximum absolute atomic E-state index is 13.1. The minimum Gasteiger partial charge on any atom is -0.768 e. The molecule has 0 saturated carbocycles. The van der Waals surface area contributed by atoms with Crippen molar-refractivity contribution in [1.29, 1.82) is 5.26 Å². The summed E-state index contributed by atoms with van der Waals surface area (Å²) in [4.78, 5) is 11.2. The van der Waals surface area contributed by atoms with Gasteiger partial charge in [0.2, 0.25) is 0 Å². The van der Waals surface area contributed by atoms with Crippen LogP contribution in [0.3, 0.4) is 0 Å². The molecule has 16 heavy (non-hydrogen) atoms. The van der Waals surface area contributed by atoms with Gasteiger partial charge in [-0.15, -0.1) is 0 Å². The van der Waals surface area contributed by atoms with E-state index in [1.54, 1.807) is 6.07 Å². The maximum Gasteiger partial charge on any atom is 0.198 e. The largest absolute Gasteiger partial charge is 0.768 e. The van der Waals surface area contributed by atoms with Crippen LogP contribution in [0, 0.1) is 17.1 Å². The molecule has 86 valence electrons. The van der Waals surface area contributed by atoms with Crippen molar-refractivity contribution in [3.8, 4) is 11.8 Å². The van der Waals surface area contributed by atoms with Crippen LogP contribution < -0.4 is 14.7 Å². The number of nitrogens with one attached hydrogen (secondary N) is 1. The predicted molar refractivity (Wildman–Crippen MR) is 53.3 cm³/mol. The van der Waals surface area contributed by atoms with Crippen molar-refractivity contribution in [1.82, 2.24) is 5.32 Å². The van der Waals surface area contributed by atoms with Crippen LogP contribution in [0.15, 0.2) is 18.2 Å². The summed E-state index contributed by atoms with van der Waals surface area (Å²) in [6.07, 6.45) is -0.353. The molecular weight excluding hydrogens is 234 g/mol. The topological polar surface area (TPSA) is 85.2 Å². The van der Waals surface area contributed by atoms with Gasteiger partial charge in [0.05, 0.1) is 11.8 Å². The second-order valence-electron chi connectivity index (χ2n) is 2.97.